The molecule has 2 nitrogen and oxygen atoms in total. The summed E-state index contributed by atoms with van der Waals surface area (Å²) in [6, 6.07) is 2.92. The van der Waals surface area contributed by atoms with Gasteiger partial charge in [0.15, 0.2) is 0 Å². The third kappa shape index (κ3) is 3.24. The minimum atomic E-state index is 0.458. The predicted octanol–water partition coefficient (Wildman–Crippen LogP) is 4.88. The Bertz CT molecular complexity index is 422. The highest BCUT2D eigenvalue weighted by molar-refractivity contribution is 9.09. The van der Waals surface area contributed by atoms with Crippen molar-refractivity contribution >= 4 is 15.9 Å². The molecule has 2 unspecified atom stereocenters. The molecule has 2 aliphatic rings. The molecule has 0 N–H and O–H groups in total. The van der Waals surface area contributed by atoms with E-state index in [1.54, 1.807) is 0 Å². The third-order valence-electron chi connectivity index (χ3n) is 5.00. The summed E-state index contributed by atoms with van der Waals surface area (Å²) in [4.78, 5) is 0.720. The molecule has 2 saturated carbocycles. The van der Waals surface area contributed by atoms with Gasteiger partial charge in [-0.05, 0) is 50.0 Å². The van der Waals surface area contributed by atoms with Crippen LogP contribution in [0.5, 0.6) is 0 Å². The number of alkyl halides is 1. The first-order valence-electron chi connectivity index (χ1n) is 7.83. The highest BCUT2D eigenvalue weighted by Crippen LogP contribution is 2.43. The summed E-state index contributed by atoms with van der Waals surface area (Å²) in [5.41, 5.74) is 1.76. The van der Waals surface area contributed by atoms with Crippen molar-refractivity contribution in [2.24, 2.45) is 5.41 Å². The fourth-order valence-electron chi connectivity index (χ4n) is 3.86. The Morgan fingerprint density at radius 3 is 2.79 bits per heavy atom. The summed E-state index contributed by atoms with van der Waals surface area (Å²) < 4.78 is 2.25. The summed E-state index contributed by atoms with van der Waals surface area (Å²) in [5.74, 6) is 0. The quantitative estimate of drug-likeness (QED) is 0.724. The van der Waals surface area contributed by atoms with Gasteiger partial charge in [-0.3, -0.25) is 4.68 Å². The van der Waals surface area contributed by atoms with Crippen molar-refractivity contribution in [3.63, 3.8) is 0 Å². The Morgan fingerprint density at radius 1 is 1.32 bits per heavy atom. The molecule has 1 heterocycles. The Morgan fingerprint density at radius 2 is 2.11 bits per heavy atom. The van der Waals surface area contributed by atoms with Crippen molar-refractivity contribution in [1.29, 1.82) is 0 Å². The third-order valence-corrected chi connectivity index (χ3v) is 5.78. The van der Waals surface area contributed by atoms with Crippen LogP contribution in [0.4, 0.5) is 0 Å². The second-order valence-corrected chi connectivity index (χ2v) is 8.20. The molecule has 0 radical (unpaired) electrons. The van der Waals surface area contributed by atoms with E-state index in [2.05, 4.69) is 39.8 Å². The Balaban J connectivity index is 1.64. The molecule has 3 heteroatoms. The first-order chi connectivity index (χ1) is 9.15. The molecule has 0 amide bonds. The van der Waals surface area contributed by atoms with Crippen molar-refractivity contribution in [2.45, 2.75) is 75.6 Å². The Kier molecular flexibility index (Phi) is 4.02. The molecule has 106 valence electrons. The number of hydrogen-bond acceptors (Lipinski definition) is 1. The zero-order chi connectivity index (χ0) is 13.3. The van der Waals surface area contributed by atoms with Crippen LogP contribution in [-0.2, 0) is 6.42 Å². The minimum absolute atomic E-state index is 0.458. The van der Waals surface area contributed by atoms with E-state index in [4.69, 9.17) is 5.10 Å². The molecule has 2 aliphatic carbocycles. The molecular weight excluding hydrogens is 300 g/mol. The number of nitrogens with zero attached hydrogens (tertiary/aromatic N) is 2. The zero-order valence-electron chi connectivity index (χ0n) is 11.9. The summed E-state index contributed by atoms with van der Waals surface area (Å²) in [6.45, 7) is 2.42. The van der Waals surface area contributed by atoms with Crippen LogP contribution in [0.3, 0.4) is 0 Å². The van der Waals surface area contributed by atoms with Gasteiger partial charge in [-0.2, -0.15) is 5.10 Å². The van der Waals surface area contributed by atoms with Gasteiger partial charge in [-0.15, -0.1) is 0 Å². The molecule has 1 aromatic heterocycles. The van der Waals surface area contributed by atoms with Gasteiger partial charge in [0.1, 0.15) is 0 Å². The van der Waals surface area contributed by atoms with Gasteiger partial charge < -0.3 is 0 Å². The van der Waals surface area contributed by atoms with Gasteiger partial charge >= 0.3 is 0 Å². The van der Waals surface area contributed by atoms with E-state index in [0.29, 0.717) is 11.5 Å². The van der Waals surface area contributed by atoms with Gasteiger partial charge in [0.2, 0.25) is 0 Å². The molecule has 1 aromatic rings. The van der Waals surface area contributed by atoms with E-state index in [1.807, 2.05) is 0 Å². The standard InChI is InChI=1S/C16H25BrN2/c1-16(9-7-13(17)11-16)12-14-8-10-19(18-14)15-5-3-2-4-6-15/h8,10,13,15H,2-7,9,11-12H2,1H3. The SMILES string of the molecule is CC1(Cc2ccn(C3CCCCC3)n2)CCC(Br)C1. The Labute approximate surface area is 125 Å². The number of hydrogen-bond donors (Lipinski definition) is 0. The molecule has 2 fully saturated rings. The van der Waals surface area contributed by atoms with Gasteiger partial charge in [0.25, 0.3) is 0 Å². The number of halogens is 1. The fourth-order valence-corrected chi connectivity index (χ4v) is 4.87. The molecule has 19 heavy (non-hydrogen) atoms. The highest BCUT2D eigenvalue weighted by Gasteiger charge is 2.34. The van der Waals surface area contributed by atoms with E-state index in [0.717, 1.165) is 11.2 Å². The molecule has 0 spiro atoms. The zero-order valence-corrected chi connectivity index (χ0v) is 13.5. The average Bonchev–Trinajstić information content (AvgIpc) is 2.98. The summed E-state index contributed by atoms with van der Waals surface area (Å²) in [5, 5.41) is 4.87. The summed E-state index contributed by atoms with van der Waals surface area (Å²) in [6.07, 6.45) is 14.1. The van der Waals surface area contributed by atoms with Crippen molar-refractivity contribution in [1.82, 2.24) is 9.78 Å². The lowest BCUT2D eigenvalue weighted by Gasteiger charge is -2.23. The van der Waals surface area contributed by atoms with Gasteiger partial charge in [-0.25, -0.2) is 0 Å². The van der Waals surface area contributed by atoms with Crippen molar-refractivity contribution < 1.29 is 0 Å². The first kappa shape index (κ1) is 13.7. The second-order valence-electron chi connectivity index (χ2n) is 6.91. The number of rotatable bonds is 3. The van der Waals surface area contributed by atoms with E-state index < -0.39 is 0 Å². The lowest BCUT2D eigenvalue weighted by molar-refractivity contribution is 0.313. The van der Waals surface area contributed by atoms with Crippen LogP contribution in [0.1, 0.15) is 70.0 Å². The maximum Gasteiger partial charge on any atom is 0.0630 e. The van der Waals surface area contributed by atoms with Crippen LogP contribution in [0.15, 0.2) is 12.3 Å². The maximum absolute atomic E-state index is 4.87. The smallest absolute Gasteiger partial charge is 0.0630 e. The van der Waals surface area contributed by atoms with Crippen molar-refractivity contribution in [3.8, 4) is 0 Å². The molecule has 3 rings (SSSR count). The van der Waals surface area contributed by atoms with Crippen molar-refractivity contribution in [2.75, 3.05) is 0 Å². The fraction of sp³-hybridized carbons (Fsp3) is 0.812. The molecule has 0 saturated heterocycles. The van der Waals surface area contributed by atoms with Crippen LogP contribution >= 0.6 is 15.9 Å². The monoisotopic (exact) mass is 324 g/mol. The van der Waals surface area contributed by atoms with E-state index in [1.165, 1.54) is 57.1 Å². The molecule has 2 atom stereocenters. The largest absolute Gasteiger partial charge is 0.269 e. The summed E-state index contributed by atoms with van der Waals surface area (Å²) in [7, 11) is 0. The van der Waals surface area contributed by atoms with Crippen LogP contribution in [0.2, 0.25) is 0 Å². The minimum Gasteiger partial charge on any atom is -0.269 e. The van der Waals surface area contributed by atoms with Crippen LogP contribution in [0, 0.1) is 5.41 Å². The topological polar surface area (TPSA) is 17.8 Å². The van der Waals surface area contributed by atoms with Crippen molar-refractivity contribution in [3.05, 3.63) is 18.0 Å². The number of aromatic nitrogens is 2. The lowest BCUT2D eigenvalue weighted by atomic mass is 9.84. The lowest BCUT2D eigenvalue weighted by Crippen LogP contribution is -2.17. The van der Waals surface area contributed by atoms with Gasteiger partial charge in [0, 0.05) is 11.0 Å². The molecule has 0 bridgehead atoms. The van der Waals surface area contributed by atoms with Crippen LogP contribution in [0.25, 0.3) is 0 Å². The first-order valence-corrected chi connectivity index (χ1v) is 8.74. The van der Waals surface area contributed by atoms with Crippen LogP contribution in [-0.4, -0.2) is 14.6 Å². The van der Waals surface area contributed by atoms with Gasteiger partial charge in [-0.1, -0.05) is 42.1 Å². The molecule has 0 aromatic carbocycles. The predicted molar refractivity (Wildman–Crippen MR) is 82.7 cm³/mol. The van der Waals surface area contributed by atoms with E-state index in [-0.39, 0.29) is 0 Å². The van der Waals surface area contributed by atoms with E-state index >= 15 is 0 Å². The summed E-state index contributed by atoms with van der Waals surface area (Å²) >= 11 is 3.77. The molecular formula is C16H25BrN2. The average molecular weight is 325 g/mol. The normalized spacial score (nSPS) is 32.8. The second kappa shape index (κ2) is 5.59. The Hall–Kier alpha value is -0.310. The van der Waals surface area contributed by atoms with Gasteiger partial charge in [0.05, 0.1) is 11.7 Å². The highest BCUT2D eigenvalue weighted by atomic mass is 79.9. The van der Waals surface area contributed by atoms with Crippen LogP contribution < -0.4 is 0 Å². The maximum atomic E-state index is 4.87. The molecule has 0 aliphatic heterocycles. The van der Waals surface area contributed by atoms with E-state index in [9.17, 15) is 0 Å².